The highest BCUT2D eigenvalue weighted by Gasteiger charge is 2.50. The fourth-order valence-corrected chi connectivity index (χ4v) is 7.13. The summed E-state index contributed by atoms with van der Waals surface area (Å²) in [6.07, 6.45) is 20.8. The van der Waals surface area contributed by atoms with Crippen molar-refractivity contribution in [1.82, 2.24) is 0 Å². The molecule has 0 amide bonds. The first-order valence-electron chi connectivity index (χ1n) is 14.8. The summed E-state index contributed by atoms with van der Waals surface area (Å²) in [6, 6.07) is 0. The maximum Gasteiger partial charge on any atom is 0.335 e. The number of fused-ring (bicyclic) bond motifs is 2. The van der Waals surface area contributed by atoms with E-state index in [-0.39, 0.29) is 35.6 Å². The van der Waals surface area contributed by atoms with Crippen LogP contribution in [0.25, 0.3) is 0 Å². The molecule has 6 unspecified atom stereocenters. The van der Waals surface area contributed by atoms with Gasteiger partial charge in [-0.3, -0.25) is 0 Å². The summed E-state index contributed by atoms with van der Waals surface area (Å²) in [5, 5.41) is 0. The minimum Gasteiger partial charge on any atom is -0.451 e. The first-order chi connectivity index (χ1) is 17.8. The minimum absolute atomic E-state index is 0.0939. The average molecular weight is 507 g/mol. The zero-order valence-electron chi connectivity index (χ0n) is 23.8. The Labute approximate surface area is 223 Å². The first kappa shape index (κ1) is 27.7. The number of hydrogen-bond acceptors (Lipinski definition) is 4. The third-order valence-electron chi connectivity index (χ3n) is 9.59. The molecule has 0 radical (unpaired) electrons. The van der Waals surface area contributed by atoms with Crippen LogP contribution in [0.3, 0.4) is 0 Å². The van der Waals surface area contributed by atoms with Crippen molar-refractivity contribution in [2.75, 3.05) is 0 Å². The van der Waals surface area contributed by atoms with Gasteiger partial charge in [-0.15, -0.1) is 0 Å². The highest BCUT2D eigenvalue weighted by atomic mass is 16.6. The number of carbonyl (C=O) groups is 2. The molecule has 0 N–H and O–H groups in total. The quantitative estimate of drug-likeness (QED) is 0.282. The Bertz CT molecular complexity index is 974. The molecule has 4 aliphatic carbocycles. The van der Waals surface area contributed by atoms with Crippen LogP contribution in [-0.4, -0.2) is 23.1 Å². The lowest BCUT2D eigenvalue weighted by molar-refractivity contribution is -0.158. The van der Waals surface area contributed by atoms with Gasteiger partial charge in [0.2, 0.25) is 0 Å². The highest BCUT2D eigenvalue weighted by Crippen LogP contribution is 2.51. The van der Waals surface area contributed by atoms with Crippen molar-refractivity contribution in [3.8, 4) is 0 Å². The van der Waals surface area contributed by atoms with Gasteiger partial charge in [-0.25, -0.2) is 9.59 Å². The second-order valence-corrected chi connectivity index (χ2v) is 11.3. The van der Waals surface area contributed by atoms with Crippen LogP contribution in [-0.2, 0) is 19.1 Å². The maximum atomic E-state index is 13.9. The fraction of sp³-hybridized carbons (Fsp3) is 0.636. The van der Waals surface area contributed by atoms with E-state index in [0.29, 0.717) is 24.0 Å². The molecule has 0 saturated heterocycles. The largest absolute Gasteiger partial charge is 0.451 e. The molecule has 37 heavy (non-hydrogen) atoms. The molecule has 0 aromatic heterocycles. The van der Waals surface area contributed by atoms with Crippen LogP contribution in [0.5, 0.6) is 0 Å². The SMILES string of the molecule is CCC1=CC(CC)C(CC)(OC(=O)C2=C(C(=O)OC3(CC)C=CC(CC)=CC3CC)C3CCC2C3)C=C1. The van der Waals surface area contributed by atoms with Crippen molar-refractivity contribution in [3.05, 3.63) is 58.7 Å². The van der Waals surface area contributed by atoms with Crippen molar-refractivity contribution >= 4 is 11.9 Å². The van der Waals surface area contributed by atoms with E-state index in [1.807, 2.05) is 0 Å². The van der Waals surface area contributed by atoms with Crippen LogP contribution in [0.2, 0.25) is 0 Å². The number of hydrogen-bond donors (Lipinski definition) is 0. The molecule has 0 aromatic carbocycles. The molecule has 4 nitrogen and oxygen atoms in total. The van der Waals surface area contributed by atoms with Gasteiger partial charge in [0.1, 0.15) is 11.2 Å². The fourth-order valence-electron chi connectivity index (χ4n) is 7.13. The summed E-state index contributed by atoms with van der Waals surface area (Å²) in [7, 11) is 0. The van der Waals surface area contributed by atoms with Gasteiger partial charge in [0.05, 0.1) is 11.1 Å². The van der Waals surface area contributed by atoms with E-state index in [1.165, 1.54) is 11.1 Å². The minimum atomic E-state index is -0.667. The predicted octanol–water partition coefficient (Wildman–Crippen LogP) is 7.96. The van der Waals surface area contributed by atoms with Crippen molar-refractivity contribution < 1.29 is 19.1 Å². The molecule has 4 rings (SSSR count). The summed E-state index contributed by atoms with van der Waals surface area (Å²) in [6.45, 7) is 12.8. The van der Waals surface area contributed by atoms with Gasteiger partial charge in [0, 0.05) is 11.8 Å². The molecule has 0 aliphatic heterocycles. The Morgan fingerprint density at radius 1 is 0.730 bits per heavy atom. The second-order valence-electron chi connectivity index (χ2n) is 11.3. The second kappa shape index (κ2) is 11.2. The molecular weight excluding hydrogens is 460 g/mol. The number of ether oxygens (including phenoxy) is 2. The van der Waals surface area contributed by atoms with E-state index in [4.69, 9.17) is 9.47 Å². The predicted molar refractivity (Wildman–Crippen MR) is 149 cm³/mol. The van der Waals surface area contributed by atoms with E-state index in [9.17, 15) is 9.59 Å². The lowest BCUT2D eigenvalue weighted by Crippen LogP contribution is -2.43. The summed E-state index contributed by atoms with van der Waals surface area (Å²) in [4.78, 5) is 27.7. The third-order valence-corrected chi connectivity index (χ3v) is 9.59. The van der Waals surface area contributed by atoms with Gasteiger partial charge in [-0.1, -0.05) is 77.0 Å². The molecule has 4 heteroatoms. The van der Waals surface area contributed by atoms with Crippen LogP contribution >= 0.6 is 0 Å². The van der Waals surface area contributed by atoms with Crippen LogP contribution in [0, 0.1) is 23.7 Å². The molecule has 6 atom stereocenters. The lowest BCUT2D eigenvalue weighted by Gasteiger charge is -2.39. The smallest absolute Gasteiger partial charge is 0.335 e. The van der Waals surface area contributed by atoms with Crippen molar-refractivity contribution in [1.29, 1.82) is 0 Å². The van der Waals surface area contributed by atoms with Crippen molar-refractivity contribution in [2.45, 2.75) is 111 Å². The summed E-state index contributed by atoms with van der Waals surface area (Å²) >= 11 is 0. The first-order valence-corrected chi connectivity index (χ1v) is 14.8. The molecule has 0 aromatic rings. The van der Waals surface area contributed by atoms with Gasteiger partial charge in [0.25, 0.3) is 0 Å². The molecule has 1 fully saturated rings. The van der Waals surface area contributed by atoms with E-state index in [2.05, 4.69) is 78.0 Å². The molecule has 4 aliphatic rings. The molecular formula is C33H46O4. The zero-order valence-corrected chi connectivity index (χ0v) is 23.8. The molecule has 0 spiro atoms. The van der Waals surface area contributed by atoms with E-state index >= 15 is 0 Å². The van der Waals surface area contributed by atoms with E-state index in [1.54, 1.807) is 0 Å². The van der Waals surface area contributed by atoms with E-state index in [0.717, 1.165) is 44.9 Å². The van der Waals surface area contributed by atoms with Crippen LogP contribution in [0.1, 0.15) is 99.3 Å². The molecule has 0 heterocycles. The van der Waals surface area contributed by atoms with Crippen LogP contribution in [0.15, 0.2) is 58.7 Å². The van der Waals surface area contributed by atoms with Crippen LogP contribution in [0.4, 0.5) is 0 Å². The monoisotopic (exact) mass is 506 g/mol. The van der Waals surface area contributed by atoms with Crippen molar-refractivity contribution in [3.63, 3.8) is 0 Å². The van der Waals surface area contributed by atoms with Gasteiger partial charge < -0.3 is 9.47 Å². The summed E-state index contributed by atoms with van der Waals surface area (Å²) in [5.41, 5.74) is 2.41. The number of esters is 2. The Morgan fingerprint density at radius 3 is 1.46 bits per heavy atom. The Kier molecular flexibility index (Phi) is 8.35. The molecule has 2 bridgehead atoms. The Balaban J connectivity index is 1.63. The lowest BCUT2D eigenvalue weighted by atomic mass is 9.77. The standard InChI is InChI=1S/C33H46O4/c1-7-22-15-17-32(11-5,26(9-3)19-22)36-30(34)28-24-13-14-25(21-24)29(28)31(35)37-33(12-6)18-16-23(8-2)20-27(33)10-4/h15-20,24-27H,7-14,21H2,1-6H3. The maximum absolute atomic E-state index is 13.9. The zero-order chi connectivity index (χ0) is 26.8. The van der Waals surface area contributed by atoms with E-state index < -0.39 is 11.2 Å². The Hall–Kier alpha value is -2.36. The number of rotatable bonds is 10. The van der Waals surface area contributed by atoms with Gasteiger partial charge in [-0.05, 0) is 81.8 Å². The highest BCUT2D eigenvalue weighted by molar-refractivity contribution is 6.03. The van der Waals surface area contributed by atoms with Crippen molar-refractivity contribution in [2.24, 2.45) is 23.7 Å². The summed E-state index contributed by atoms with van der Waals surface area (Å²) < 4.78 is 12.8. The average Bonchev–Trinajstić information content (AvgIpc) is 3.55. The third kappa shape index (κ3) is 4.93. The molecule has 202 valence electrons. The Morgan fingerprint density at radius 2 is 1.14 bits per heavy atom. The van der Waals surface area contributed by atoms with Gasteiger partial charge in [-0.2, -0.15) is 0 Å². The number of carbonyl (C=O) groups excluding carboxylic acids is 2. The normalized spacial score (nSPS) is 34.4. The van der Waals surface area contributed by atoms with Crippen LogP contribution < -0.4 is 0 Å². The topological polar surface area (TPSA) is 52.6 Å². The van der Waals surface area contributed by atoms with Gasteiger partial charge in [0.15, 0.2) is 0 Å². The molecule has 1 saturated carbocycles. The summed E-state index contributed by atoms with van der Waals surface area (Å²) in [5.74, 6) is -0.175. The van der Waals surface area contributed by atoms with Gasteiger partial charge >= 0.3 is 11.9 Å². The number of allylic oxidation sites excluding steroid dienone is 4.